The summed E-state index contributed by atoms with van der Waals surface area (Å²) in [6, 6.07) is 0.270. The van der Waals surface area contributed by atoms with Crippen LogP contribution in [-0.2, 0) is 0 Å². The van der Waals surface area contributed by atoms with E-state index in [0.29, 0.717) is 0 Å². The SMILES string of the molecule is CC1CCC([NH-])CC1. The van der Waals surface area contributed by atoms with Crippen LogP contribution in [0.5, 0.6) is 0 Å². The Morgan fingerprint density at radius 1 is 1.12 bits per heavy atom. The second-order valence-electron chi connectivity index (χ2n) is 2.96. The maximum atomic E-state index is 7.36. The predicted octanol–water partition coefficient (Wildman–Crippen LogP) is 2.62. The molecule has 1 rings (SSSR count). The molecule has 0 spiro atoms. The lowest BCUT2D eigenvalue weighted by molar-refractivity contribution is 0.373. The van der Waals surface area contributed by atoms with E-state index in [2.05, 4.69) is 6.92 Å². The molecule has 0 amide bonds. The molecule has 48 valence electrons. The largest absolute Gasteiger partial charge is 0.675 e. The molecule has 0 aromatic carbocycles. The fraction of sp³-hybridized carbons (Fsp3) is 1.00. The van der Waals surface area contributed by atoms with Gasteiger partial charge in [-0.05, 0) is 5.92 Å². The van der Waals surface area contributed by atoms with Gasteiger partial charge in [-0.15, -0.1) is 6.04 Å². The number of hydrogen-bond donors (Lipinski definition) is 0. The fourth-order valence-electron chi connectivity index (χ4n) is 1.26. The number of hydrogen-bond acceptors (Lipinski definition) is 0. The first-order valence-electron chi connectivity index (χ1n) is 3.50. The predicted molar refractivity (Wildman–Crippen MR) is 35.7 cm³/mol. The highest BCUT2D eigenvalue weighted by atomic mass is 14.6. The summed E-state index contributed by atoms with van der Waals surface area (Å²) in [5, 5.41) is 0. The van der Waals surface area contributed by atoms with E-state index >= 15 is 0 Å². The molecule has 1 aliphatic rings. The highest BCUT2D eigenvalue weighted by molar-refractivity contribution is 4.79. The van der Waals surface area contributed by atoms with Crippen LogP contribution in [0.4, 0.5) is 0 Å². The minimum atomic E-state index is 0.270. The Morgan fingerprint density at radius 3 is 2.00 bits per heavy atom. The maximum absolute atomic E-state index is 7.36. The van der Waals surface area contributed by atoms with E-state index < -0.39 is 0 Å². The zero-order valence-corrected chi connectivity index (χ0v) is 5.48. The van der Waals surface area contributed by atoms with Crippen molar-refractivity contribution >= 4 is 0 Å². The minimum absolute atomic E-state index is 0.270. The molecule has 0 aromatic heterocycles. The van der Waals surface area contributed by atoms with Crippen molar-refractivity contribution in [1.29, 1.82) is 0 Å². The molecule has 0 saturated heterocycles. The third kappa shape index (κ3) is 1.48. The molecule has 1 heteroatoms. The van der Waals surface area contributed by atoms with Gasteiger partial charge in [0.2, 0.25) is 0 Å². The van der Waals surface area contributed by atoms with Gasteiger partial charge in [0.1, 0.15) is 0 Å². The summed E-state index contributed by atoms with van der Waals surface area (Å²) < 4.78 is 0. The zero-order chi connectivity index (χ0) is 5.98. The molecule has 1 N–H and O–H groups in total. The van der Waals surface area contributed by atoms with Crippen LogP contribution in [0.1, 0.15) is 32.6 Å². The quantitative estimate of drug-likeness (QED) is 0.460. The Hall–Kier alpha value is -0.0400. The van der Waals surface area contributed by atoms with E-state index in [9.17, 15) is 0 Å². The van der Waals surface area contributed by atoms with E-state index in [0.717, 1.165) is 18.8 Å². The van der Waals surface area contributed by atoms with E-state index in [1.54, 1.807) is 0 Å². The summed E-state index contributed by atoms with van der Waals surface area (Å²) in [6.07, 6.45) is 4.85. The van der Waals surface area contributed by atoms with Crippen LogP contribution in [0.2, 0.25) is 0 Å². The summed E-state index contributed by atoms with van der Waals surface area (Å²) >= 11 is 0. The number of rotatable bonds is 0. The summed E-state index contributed by atoms with van der Waals surface area (Å²) in [6.45, 7) is 2.28. The first kappa shape index (κ1) is 6.09. The van der Waals surface area contributed by atoms with Crippen molar-refractivity contribution in [2.45, 2.75) is 38.6 Å². The highest BCUT2D eigenvalue weighted by Gasteiger charge is 2.09. The zero-order valence-electron chi connectivity index (χ0n) is 5.48. The molecule has 1 aliphatic carbocycles. The molecule has 1 fully saturated rings. The summed E-state index contributed by atoms with van der Waals surface area (Å²) in [5.74, 6) is 0.900. The van der Waals surface area contributed by atoms with Crippen LogP contribution in [0, 0.1) is 5.92 Å². The van der Waals surface area contributed by atoms with Gasteiger partial charge in [-0.1, -0.05) is 32.6 Å². The molecule has 1 nitrogen and oxygen atoms in total. The Bertz CT molecular complexity index is 52.8. The molecule has 0 radical (unpaired) electrons. The van der Waals surface area contributed by atoms with Crippen molar-refractivity contribution in [3.8, 4) is 0 Å². The second kappa shape index (κ2) is 2.49. The summed E-state index contributed by atoms with van der Waals surface area (Å²) in [7, 11) is 0. The van der Waals surface area contributed by atoms with Gasteiger partial charge in [-0.2, -0.15) is 0 Å². The van der Waals surface area contributed by atoms with Crippen molar-refractivity contribution in [3.63, 3.8) is 0 Å². The van der Waals surface area contributed by atoms with Gasteiger partial charge >= 0.3 is 0 Å². The monoisotopic (exact) mass is 112 g/mol. The van der Waals surface area contributed by atoms with Crippen LogP contribution in [0.25, 0.3) is 5.73 Å². The molecular formula is C7H14N-. The molecule has 0 unspecified atom stereocenters. The van der Waals surface area contributed by atoms with Crippen LogP contribution in [0.15, 0.2) is 0 Å². The van der Waals surface area contributed by atoms with Gasteiger partial charge in [0.25, 0.3) is 0 Å². The molecule has 8 heavy (non-hydrogen) atoms. The molecule has 0 aliphatic heterocycles. The van der Waals surface area contributed by atoms with Crippen molar-refractivity contribution in [2.75, 3.05) is 0 Å². The molecule has 0 atom stereocenters. The molecule has 0 bridgehead atoms. The van der Waals surface area contributed by atoms with E-state index in [4.69, 9.17) is 5.73 Å². The van der Waals surface area contributed by atoms with Crippen molar-refractivity contribution < 1.29 is 0 Å². The first-order chi connectivity index (χ1) is 3.79. The second-order valence-corrected chi connectivity index (χ2v) is 2.96. The van der Waals surface area contributed by atoms with Crippen molar-refractivity contribution in [3.05, 3.63) is 5.73 Å². The Kier molecular flexibility index (Phi) is 1.90. The van der Waals surface area contributed by atoms with Crippen LogP contribution in [-0.4, -0.2) is 6.04 Å². The third-order valence-corrected chi connectivity index (χ3v) is 2.02. The highest BCUT2D eigenvalue weighted by Crippen LogP contribution is 2.24. The van der Waals surface area contributed by atoms with E-state index in [1.807, 2.05) is 0 Å². The Labute approximate surface area is 51.3 Å². The van der Waals surface area contributed by atoms with Crippen molar-refractivity contribution in [2.24, 2.45) is 5.92 Å². The topological polar surface area (TPSA) is 23.8 Å². The normalized spacial score (nSPS) is 39.8. The average Bonchev–Trinajstić information content (AvgIpc) is 1.77. The summed E-state index contributed by atoms with van der Waals surface area (Å²) in [5.41, 5.74) is 7.36. The fourth-order valence-corrected chi connectivity index (χ4v) is 1.26. The third-order valence-electron chi connectivity index (χ3n) is 2.02. The van der Waals surface area contributed by atoms with Gasteiger partial charge < -0.3 is 5.73 Å². The van der Waals surface area contributed by atoms with E-state index in [1.165, 1.54) is 12.8 Å². The van der Waals surface area contributed by atoms with E-state index in [-0.39, 0.29) is 6.04 Å². The van der Waals surface area contributed by atoms with Crippen LogP contribution < -0.4 is 0 Å². The minimum Gasteiger partial charge on any atom is -0.675 e. The standard InChI is InChI=1S/C7H14N/c1-6-2-4-7(8)5-3-6/h6-8H,2-5H2,1H3/q-1. The smallest absolute Gasteiger partial charge is 0.0444 e. The molecule has 0 heterocycles. The lowest BCUT2D eigenvalue weighted by Gasteiger charge is -2.28. The van der Waals surface area contributed by atoms with Gasteiger partial charge in [0.05, 0.1) is 0 Å². The number of nitrogens with one attached hydrogen (secondary N) is 1. The first-order valence-corrected chi connectivity index (χ1v) is 3.50. The lowest BCUT2D eigenvalue weighted by atomic mass is 9.88. The maximum Gasteiger partial charge on any atom is -0.0444 e. The van der Waals surface area contributed by atoms with Crippen LogP contribution >= 0.6 is 0 Å². The Balaban J connectivity index is 2.19. The Morgan fingerprint density at radius 2 is 1.62 bits per heavy atom. The molecular weight excluding hydrogens is 98.1 g/mol. The average molecular weight is 112 g/mol. The van der Waals surface area contributed by atoms with Gasteiger partial charge in [-0.3, -0.25) is 0 Å². The van der Waals surface area contributed by atoms with Gasteiger partial charge in [0.15, 0.2) is 0 Å². The van der Waals surface area contributed by atoms with Crippen LogP contribution in [0.3, 0.4) is 0 Å². The molecule has 1 saturated carbocycles. The summed E-state index contributed by atoms with van der Waals surface area (Å²) in [4.78, 5) is 0. The van der Waals surface area contributed by atoms with Gasteiger partial charge in [0, 0.05) is 0 Å². The molecule has 0 aromatic rings. The lowest BCUT2D eigenvalue weighted by Crippen LogP contribution is -2.12. The van der Waals surface area contributed by atoms with Crippen molar-refractivity contribution in [1.82, 2.24) is 0 Å². The van der Waals surface area contributed by atoms with Gasteiger partial charge in [-0.25, -0.2) is 0 Å².